The van der Waals surface area contributed by atoms with Crippen LogP contribution in [-0.2, 0) is 6.61 Å². The smallest absolute Gasteiger partial charge is 0.186 e. The maximum Gasteiger partial charge on any atom is 0.186 e. The van der Waals surface area contributed by atoms with Gasteiger partial charge in [-0.15, -0.1) is 0 Å². The summed E-state index contributed by atoms with van der Waals surface area (Å²) < 4.78 is 0. The van der Waals surface area contributed by atoms with Gasteiger partial charge in [-0.1, -0.05) is 55.5 Å². The summed E-state index contributed by atoms with van der Waals surface area (Å²) in [4.78, 5) is 8.25. The third-order valence-electron chi connectivity index (χ3n) is 3.67. The second kappa shape index (κ2) is 6.16. The van der Waals surface area contributed by atoms with Crippen molar-refractivity contribution in [2.75, 3.05) is 11.4 Å². The van der Waals surface area contributed by atoms with Gasteiger partial charge >= 0.3 is 0 Å². The Morgan fingerprint density at radius 2 is 2.00 bits per heavy atom. The lowest BCUT2D eigenvalue weighted by molar-refractivity contribution is 0.286. The van der Waals surface area contributed by atoms with Gasteiger partial charge in [-0.05, 0) is 18.8 Å². The first kappa shape index (κ1) is 14.5. The van der Waals surface area contributed by atoms with Crippen LogP contribution in [0.25, 0.3) is 11.3 Å². The van der Waals surface area contributed by atoms with Crippen LogP contribution in [0.5, 0.6) is 0 Å². The third-order valence-corrected chi connectivity index (χ3v) is 4.75. The Morgan fingerprint density at radius 1 is 1.29 bits per heavy atom. The number of thiazole rings is 1. The van der Waals surface area contributed by atoms with E-state index in [0.29, 0.717) is 12.0 Å². The molecular formula is C17H22N2OS. The minimum absolute atomic E-state index is 0.0576. The van der Waals surface area contributed by atoms with E-state index < -0.39 is 0 Å². The summed E-state index contributed by atoms with van der Waals surface area (Å²) in [5.41, 5.74) is 2.02. The average molecular weight is 302 g/mol. The van der Waals surface area contributed by atoms with E-state index in [1.165, 1.54) is 12.8 Å². The first-order chi connectivity index (χ1) is 10.2. The zero-order valence-corrected chi connectivity index (χ0v) is 13.4. The molecule has 1 heterocycles. The fraction of sp³-hybridized carbons (Fsp3) is 0.471. The van der Waals surface area contributed by atoms with Crippen molar-refractivity contribution < 1.29 is 5.11 Å². The fourth-order valence-electron chi connectivity index (χ4n) is 2.55. The van der Waals surface area contributed by atoms with Crippen molar-refractivity contribution in [2.24, 2.45) is 5.92 Å². The summed E-state index contributed by atoms with van der Waals surface area (Å²) in [7, 11) is 0. The van der Waals surface area contributed by atoms with Gasteiger partial charge in [0, 0.05) is 18.2 Å². The average Bonchev–Trinajstić information content (AvgIpc) is 3.24. The molecule has 4 heteroatoms. The molecule has 1 aliphatic rings. The molecule has 0 aliphatic heterocycles. The Balaban J connectivity index is 1.94. The number of rotatable bonds is 6. The molecule has 112 valence electrons. The predicted molar refractivity (Wildman–Crippen MR) is 88.7 cm³/mol. The molecule has 0 bridgehead atoms. The number of aliphatic hydroxyl groups is 1. The number of aromatic nitrogens is 1. The van der Waals surface area contributed by atoms with Crippen LogP contribution >= 0.6 is 11.3 Å². The van der Waals surface area contributed by atoms with E-state index in [9.17, 15) is 5.11 Å². The highest BCUT2D eigenvalue weighted by atomic mass is 32.1. The maximum absolute atomic E-state index is 9.66. The summed E-state index contributed by atoms with van der Waals surface area (Å²) in [6.07, 6.45) is 2.53. The van der Waals surface area contributed by atoms with Gasteiger partial charge in [-0.3, -0.25) is 0 Å². The maximum atomic E-state index is 9.66. The molecule has 3 rings (SSSR count). The van der Waals surface area contributed by atoms with Gasteiger partial charge < -0.3 is 10.0 Å². The molecule has 0 radical (unpaired) electrons. The molecule has 3 nitrogen and oxygen atoms in total. The number of benzene rings is 1. The zero-order chi connectivity index (χ0) is 14.8. The quantitative estimate of drug-likeness (QED) is 0.878. The minimum atomic E-state index is 0.0576. The van der Waals surface area contributed by atoms with Crippen molar-refractivity contribution in [3.8, 4) is 11.3 Å². The minimum Gasteiger partial charge on any atom is -0.391 e. The van der Waals surface area contributed by atoms with Crippen LogP contribution in [0, 0.1) is 5.92 Å². The predicted octanol–water partition coefficient (Wildman–Crippen LogP) is 3.93. The lowest BCUT2D eigenvalue weighted by Crippen LogP contribution is -2.29. The Bertz CT molecular complexity index is 590. The van der Waals surface area contributed by atoms with E-state index in [0.717, 1.165) is 27.8 Å². The van der Waals surface area contributed by atoms with E-state index in [1.54, 1.807) is 11.3 Å². The van der Waals surface area contributed by atoms with Crippen molar-refractivity contribution in [3.05, 3.63) is 35.2 Å². The van der Waals surface area contributed by atoms with E-state index in [2.05, 4.69) is 30.9 Å². The van der Waals surface area contributed by atoms with Crippen LogP contribution in [0.4, 0.5) is 5.13 Å². The molecule has 0 unspecified atom stereocenters. The molecule has 0 atom stereocenters. The van der Waals surface area contributed by atoms with Crippen molar-refractivity contribution in [3.63, 3.8) is 0 Å². The molecule has 1 aliphatic carbocycles. The molecule has 2 aromatic rings. The Labute approximate surface area is 130 Å². The number of nitrogens with zero attached hydrogens (tertiary/aromatic N) is 2. The molecule has 1 saturated carbocycles. The van der Waals surface area contributed by atoms with Crippen LogP contribution in [0.2, 0.25) is 0 Å². The summed E-state index contributed by atoms with van der Waals surface area (Å²) >= 11 is 1.64. The third kappa shape index (κ3) is 3.27. The molecule has 0 amide bonds. The Morgan fingerprint density at radius 3 is 2.57 bits per heavy atom. The standard InChI is InChI=1S/C17H22N2OS/c1-12(2)10-19(14-8-9-14)17-18-16(15(11-20)21-17)13-6-4-3-5-7-13/h3-7,12,14,20H,8-11H2,1-2H3. The van der Waals surface area contributed by atoms with Gasteiger partial charge in [0.05, 0.1) is 17.2 Å². The summed E-state index contributed by atoms with van der Waals surface area (Å²) in [6, 6.07) is 10.8. The molecule has 21 heavy (non-hydrogen) atoms. The lowest BCUT2D eigenvalue weighted by atomic mass is 10.1. The van der Waals surface area contributed by atoms with E-state index in [4.69, 9.17) is 4.98 Å². The van der Waals surface area contributed by atoms with Gasteiger partial charge in [0.25, 0.3) is 0 Å². The van der Waals surface area contributed by atoms with Crippen LogP contribution in [0.1, 0.15) is 31.6 Å². The number of hydrogen-bond donors (Lipinski definition) is 1. The van der Waals surface area contributed by atoms with Gasteiger partial charge in [-0.2, -0.15) is 0 Å². The first-order valence-electron chi connectivity index (χ1n) is 7.61. The first-order valence-corrected chi connectivity index (χ1v) is 8.43. The molecule has 1 aromatic heterocycles. The topological polar surface area (TPSA) is 36.4 Å². The second-order valence-electron chi connectivity index (χ2n) is 6.07. The second-order valence-corrected chi connectivity index (χ2v) is 7.13. The molecule has 1 N–H and O–H groups in total. The van der Waals surface area contributed by atoms with Crippen LogP contribution in [0.15, 0.2) is 30.3 Å². The molecule has 0 saturated heterocycles. The highest BCUT2D eigenvalue weighted by Crippen LogP contribution is 2.38. The monoisotopic (exact) mass is 302 g/mol. The van der Waals surface area contributed by atoms with Gasteiger partial charge in [0.15, 0.2) is 5.13 Å². The van der Waals surface area contributed by atoms with Crippen molar-refractivity contribution >= 4 is 16.5 Å². The summed E-state index contributed by atoms with van der Waals surface area (Å²) in [5.74, 6) is 0.618. The molecule has 0 spiro atoms. The number of hydrogen-bond acceptors (Lipinski definition) is 4. The highest BCUT2D eigenvalue weighted by Gasteiger charge is 2.32. The van der Waals surface area contributed by atoms with E-state index in [1.807, 2.05) is 18.2 Å². The van der Waals surface area contributed by atoms with E-state index >= 15 is 0 Å². The molecular weight excluding hydrogens is 280 g/mol. The Hall–Kier alpha value is -1.39. The largest absolute Gasteiger partial charge is 0.391 e. The SMILES string of the molecule is CC(C)CN(c1nc(-c2ccccc2)c(CO)s1)C1CC1. The normalized spacial score (nSPS) is 14.7. The highest BCUT2D eigenvalue weighted by molar-refractivity contribution is 7.16. The lowest BCUT2D eigenvalue weighted by Gasteiger charge is -2.23. The van der Waals surface area contributed by atoms with Gasteiger partial charge in [0.2, 0.25) is 0 Å². The van der Waals surface area contributed by atoms with Crippen molar-refractivity contribution in [1.82, 2.24) is 4.98 Å². The van der Waals surface area contributed by atoms with Crippen LogP contribution < -0.4 is 4.90 Å². The molecule has 1 fully saturated rings. The van der Waals surface area contributed by atoms with E-state index in [-0.39, 0.29) is 6.61 Å². The molecule has 1 aromatic carbocycles. The Kier molecular flexibility index (Phi) is 4.27. The fourth-order valence-corrected chi connectivity index (χ4v) is 3.58. The number of aliphatic hydroxyl groups excluding tert-OH is 1. The van der Waals surface area contributed by atoms with Crippen molar-refractivity contribution in [2.45, 2.75) is 39.3 Å². The van der Waals surface area contributed by atoms with Gasteiger partial charge in [-0.25, -0.2) is 4.98 Å². The van der Waals surface area contributed by atoms with Crippen molar-refractivity contribution in [1.29, 1.82) is 0 Å². The number of anilines is 1. The summed E-state index contributed by atoms with van der Waals surface area (Å²) in [6.45, 7) is 5.58. The summed E-state index contributed by atoms with van der Waals surface area (Å²) in [5, 5.41) is 10.7. The zero-order valence-electron chi connectivity index (χ0n) is 12.6. The van der Waals surface area contributed by atoms with Crippen LogP contribution in [0.3, 0.4) is 0 Å². The van der Waals surface area contributed by atoms with Crippen LogP contribution in [-0.4, -0.2) is 22.7 Å². The van der Waals surface area contributed by atoms with Gasteiger partial charge in [0.1, 0.15) is 0 Å².